The lowest BCUT2D eigenvalue weighted by molar-refractivity contribution is 0.0511. The zero-order valence-electron chi connectivity index (χ0n) is 16.7. The zero-order valence-corrected chi connectivity index (χ0v) is 16.7. The predicted octanol–water partition coefficient (Wildman–Crippen LogP) is 6.03. The van der Waals surface area contributed by atoms with Crippen LogP contribution >= 0.6 is 0 Å². The zero-order chi connectivity index (χ0) is 19.8. The second-order valence-corrected chi connectivity index (χ2v) is 7.32. The lowest BCUT2D eigenvalue weighted by Crippen LogP contribution is -2.07. The molecule has 0 spiro atoms. The number of benzene rings is 2. The summed E-state index contributed by atoms with van der Waals surface area (Å²) in [4.78, 5) is 0. The Labute approximate surface area is 167 Å². The average Bonchev–Trinajstić information content (AvgIpc) is 2.73. The van der Waals surface area contributed by atoms with E-state index in [1.54, 1.807) is 7.11 Å². The van der Waals surface area contributed by atoms with Crippen molar-refractivity contribution in [2.45, 2.75) is 32.6 Å². The molecule has 0 aromatic heterocycles. The molecule has 3 rings (SSSR count). The SMILES string of the molecule is COCOc1ccc(/C(=C2/CCCC(C)C2)c2ccc(OCCF)cc2)cc1. The monoisotopic (exact) mass is 384 g/mol. The summed E-state index contributed by atoms with van der Waals surface area (Å²) >= 11 is 0. The van der Waals surface area contributed by atoms with E-state index in [-0.39, 0.29) is 13.4 Å². The smallest absolute Gasteiger partial charge is 0.188 e. The fourth-order valence-corrected chi connectivity index (χ4v) is 3.81. The number of rotatable bonds is 8. The minimum absolute atomic E-state index is 0.0910. The van der Waals surface area contributed by atoms with Gasteiger partial charge in [-0.3, -0.25) is 0 Å². The summed E-state index contributed by atoms with van der Waals surface area (Å²) in [6.07, 6.45) is 4.77. The Morgan fingerprint density at radius 3 is 2.11 bits per heavy atom. The maximum Gasteiger partial charge on any atom is 0.188 e. The molecule has 0 heterocycles. The first-order valence-corrected chi connectivity index (χ1v) is 9.94. The largest absolute Gasteiger partial charge is 0.491 e. The minimum Gasteiger partial charge on any atom is -0.491 e. The molecule has 1 atom stereocenters. The first-order valence-electron chi connectivity index (χ1n) is 9.94. The molecule has 2 aromatic carbocycles. The summed E-state index contributed by atoms with van der Waals surface area (Å²) in [6.45, 7) is 2.18. The van der Waals surface area contributed by atoms with Crippen LogP contribution in [-0.4, -0.2) is 27.2 Å². The maximum absolute atomic E-state index is 12.3. The van der Waals surface area contributed by atoms with Crippen LogP contribution in [0.15, 0.2) is 54.1 Å². The van der Waals surface area contributed by atoms with Crippen molar-refractivity contribution >= 4 is 5.57 Å². The Kier molecular flexibility index (Phi) is 7.49. The van der Waals surface area contributed by atoms with Crippen LogP contribution < -0.4 is 9.47 Å². The van der Waals surface area contributed by atoms with Crippen molar-refractivity contribution < 1.29 is 18.6 Å². The van der Waals surface area contributed by atoms with E-state index in [0.717, 1.165) is 18.6 Å². The molecule has 1 unspecified atom stereocenters. The van der Waals surface area contributed by atoms with Crippen LogP contribution in [0.3, 0.4) is 0 Å². The quantitative estimate of drug-likeness (QED) is 0.520. The highest BCUT2D eigenvalue weighted by atomic mass is 19.1. The number of hydrogen-bond acceptors (Lipinski definition) is 3. The van der Waals surface area contributed by atoms with Crippen molar-refractivity contribution in [3.05, 3.63) is 65.2 Å². The summed E-state index contributed by atoms with van der Waals surface area (Å²) < 4.78 is 28.2. The molecule has 3 nitrogen and oxygen atoms in total. The summed E-state index contributed by atoms with van der Waals surface area (Å²) in [5.41, 5.74) is 5.15. The second kappa shape index (κ2) is 10.3. The number of allylic oxidation sites excluding steroid dienone is 1. The number of ether oxygens (including phenoxy) is 3. The molecule has 1 saturated carbocycles. The lowest BCUT2D eigenvalue weighted by atomic mass is 9.81. The Morgan fingerprint density at radius 1 is 0.964 bits per heavy atom. The summed E-state index contributed by atoms with van der Waals surface area (Å²) in [7, 11) is 1.61. The number of alkyl halides is 1. The van der Waals surface area contributed by atoms with Gasteiger partial charge in [0.05, 0.1) is 0 Å². The molecule has 150 valence electrons. The van der Waals surface area contributed by atoms with Crippen molar-refractivity contribution in [3.8, 4) is 11.5 Å². The van der Waals surface area contributed by atoms with E-state index in [1.807, 2.05) is 24.3 Å². The number of methoxy groups -OCH3 is 1. The van der Waals surface area contributed by atoms with Gasteiger partial charge in [0.25, 0.3) is 0 Å². The minimum atomic E-state index is -0.480. The van der Waals surface area contributed by atoms with Crippen molar-refractivity contribution in [2.75, 3.05) is 27.2 Å². The number of hydrogen-bond donors (Lipinski definition) is 0. The van der Waals surface area contributed by atoms with Crippen LogP contribution in [0.4, 0.5) is 4.39 Å². The van der Waals surface area contributed by atoms with Gasteiger partial charge in [-0.25, -0.2) is 4.39 Å². The molecule has 0 N–H and O–H groups in total. The molecule has 1 fully saturated rings. The standard InChI is InChI=1S/C24H29FO3/c1-18-4-3-5-21(16-18)24(19-6-10-22(11-7-19)27-15-14-25)20-8-12-23(13-9-20)28-17-26-2/h6-13,18H,3-5,14-17H2,1-2H3/b24-21-. The van der Waals surface area contributed by atoms with Crippen molar-refractivity contribution in [2.24, 2.45) is 5.92 Å². The van der Waals surface area contributed by atoms with Crippen LogP contribution in [0, 0.1) is 5.92 Å². The number of halogens is 1. The molecular formula is C24H29FO3. The van der Waals surface area contributed by atoms with E-state index >= 15 is 0 Å². The van der Waals surface area contributed by atoms with Gasteiger partial charge in [0.1, 0.15) is 24.8 Å². The van der Waals surface area contributed by atoms with Gasteiger partial charge in [0, 0.05) is 7.11 Å². The topological polar surface area (TPSA) is 27.7 Å². The first-order chi connectivity index (χ1) is 13.7. The van der Waals surface area contributed by atoms with E-state index in [2.05, 4.69) is 31.2 Å². The van der Waals surface area contributed by atoms with E-state index < -0.39 is 6.67 Å². The van der Waals surface area contributed by atoms with Crippen LogP contribution in [0.2, 0.25) is 0 Å². The third-order valence-corrected chi connectivity index (χ3v) is 5.10. The Balaban J connectivity index is 1.93. The molecule has 0 saturated heterocycles. The van der Waals surface area contributed by atoms with Crippen LogP contribution in [0.1, 0.15) is 43.7 Å². The average molecular weight is 384 g/mol. The third-order valence-electron chi connectivity index (χ3n) is 5.10. The van der Waals surface area contributed by atoms with Gasteiger partial charge in [-0.1, -0.05) is 43.2 Å². The first kappa shape index (κ1) is 20.4. The van der Waals surface area contributed by atoms with Gasteiger partial charge in [-0.15, -0.1) is 0 Å². The highest BCUT2D eigenvalue weighted by molar-refractivity contribution is 5.82. The summed E-state index contributed by atoms with van der Waals surface area (Å²) in [6, 6.07) is 16.2. The van der Waals surface area contributed by atoms with Crippen molar-refractivity contribution in [1.29, 1.82) is 0 Å². The molecule has 0 radical (unpaired) electrons. The van der Waals surface area contributed by atoms with E-state index in [1.165, 1.54) is 35.1 Å². The van der Waals surface area contributed by atoms with Crippen LogP contribution in [-0.2, 0) is 4.74 Å². The Hall–Kier alpha value is -2.33. The molecule has 0 aliphatic heterocycles. The fraction of sp³-hybridized carbons (Fsp3) is 0.417. The van der Waals surface area contributed by atoms with Gasteiger partial charge in [-0.2, -0.15) is 0 Å². The molecule has 1 aliphatic carbocycles. The maximum atomic E-state index is 12.3. The Morgan fingerprint density at radius 2 is 1.57 bits per heavy atom. The highest BCUT2D eigenvalue weighted by Gasteiger charge is 2.19. The van der Waals surface area contributed by atoms with Gasteiger partial charge < -0.3 is 14.2 Å². The summed E-state index contributed by atoms with van der Waals surface area (Å²) in [5, 5.41) is 0. The molecule has 1 aliphatic rings. The van der Waals surface area contributed by atoms with Gasteiger partial charge in [0.2, 0.25) is 0 Å². The van der Waals surface area contributed by atoms with Gasteiger partial charge in [0.15, 0.2) is 6.79 Å². The van der Waals surface area contributed by atoms with Crippen LogP contribution in [0.25, 0.3) is 5.57 Å². The van der Waals surface area contributed by atoms with E-state index in [4.69, 9.17) is 14.2 Å². The second-order valence-electron chi connectivity index (χ2n) is 7.32. The van der Waals surface area contributed by atoms with E-state index in [9.17, 15) is 4.39 Å². The van der Waals surface area contributed by atoms with Crippen molar-refractivity contribution in [1.82, 2.24) is 0 Å². The molecule has 4 heteroatoms. The molecule has 0 bridgehead atoms. The van der Waals surface area contributed by atoms with Gasteiger partial charge in [-0.05, 0) is 66.1 Å². The van der Waals surface area contributed by atoms with Crippen LogP contribution in [0.5, 0.6) is 11.5 Å². The summed E-state index contributed by atoms with van der Waals surface area (Å²) in [5.74, 6) is 2.20. The van der Waals surface area contributed by atoms with Crippen molar-refractivity contribution in [3.63, 3.8) is 0 Å². The molecule has 2 aromatic rings. The normalized spacial score (nSPS) is 18.6. The molecule has 28 heavy (non-hydrogen) atoms. The fourth-order valence-electron chi connectivity index (χ4n) is 3.81. The van der Waals surface area contributed by atoms with Gasteiger partial charge >= 0.3 is 0 Å². The third kappa shape index (κ3) is 5.35. The highest BCUT2D eigenvalue weighted by Crippen LogP contribution is 2.38. The lowest BCUT2D eigenvalue weighted by Gasteiger charge is -2.25. The molecule has 0 amide bonds. The van der Waals surface area contributed by atoms with E-state index in [0.29, 0.717) is 11.7 Å². The predicted molar refractivity (Wildman–Crippen MR) is 111 cm³/mol. The molecular weight excluding hydrogens is 355 g/mol. The Bertz CT molecular complexity index is 712.